The summed E-state index contributed by atoms with van der Waals surface area (Å²) in [7, 11) is 2.08. The lowest BCUT2D eigenvalue weighted by atomic mass is 9.89. The first-order valence-corrected chi connectivity index (χ1v) is 12.2. The molecule has 5 rings (SSSR count). The number of aromatic amines is 1. The van der Waals surface area contributed by atoms with Gasteiger partial charge in [0.1, 0.15) is 5.75 Å². The molecule has 7 nitrogen and oxygen atoms in total. The smallest absolute Gasteiger partial charge is 0.302 e. The topological polar surface area (TPSA) is 74.3 Å². The molecular formula is C28H31N5O2. The second-order valence-electron chi connectivity index (χ2n) is 9.17. The molecule has 0 aliphatic carbocycles. The van der Waals surface area contributed by atoms with Gasteiger partial charge in [-0.25, -0.2) is 0 Å². The van der Waals surface area contributed by atoms with Crippen LogP contribution < -0.4 is 15.2 Å². The summed E-state index contributed by atoms with van der Waals surface area (Å²) in [6.07, 6.45) is 5.59. The highest BCUT2D eigenvalue weighted by Gasteiger charge is 2.20. The van der Waals surface area contributed by atoms with Crippen LogP contribution in [0.5, 0.6) is 11.8 Å². The number of nitrogens with zero attached hydrogens (tertiary/aromatic N) is 4. The summed E-state index contributed by atoms with van der Waals surface area (Å²) in [6.45, 7) is 7.82. The Morgan fingerprint density at radius 3 is 2.60 bits per heavy atom. The molecule has 2 aromatic heterocycles. The van der Waals surface area contributed by atoms with Crippen molar-refractivity contribution in [3.8, 4) is 11.8 Å². The first kappa shape index (κ1) is 23.1. The minimum Gasteiger partial charge on any atom is -0.426 e. The van der Waals surface area contributed by atoms with Gasteiger partial charge in [-0.2, -0.15) is 4.98 Å². The number of aromatic nitrogens is 3. The molecule has 0 atom stereocenters. The zero-order valence-corrected chi connectivity index (χ0v) is 20.5. The summed E-state index contributed by atoms with van der Waals surface area (Å²) in [5, 5.41) is 0.484. The predicted octanol–water partition coefficient (Wildman–Crippen LogP) is 5.39. The summed E-state index contributed by atoms with van der Waals surface area (Å²) >= 11 is 0. The van der Waals surface area contributed by atoms with Crippen molar-refractivity contribution < 1.29 is 4.74 Å². The largest absolute Gasteiger partial charge is 0.426 e. The number of rotatable bonds is 6. The van der Waals surface area contributed by atoms with E-state index < -0.39 is 0 Å². The normalized spacial score (nSPS) is 14.8. The number of pyridine rings is 1. The Morgan fingerprint density at radius 1 is 1.11 bits per heavy atom. The number of fused-ring (bicyclic) bond motifs is 1. The molecule has 0 amide bonds. The van der Waals surface area contributed by atoms with E-state index in [1.165, 1.54) is 31.5 Å². The Morgan fingerprint density at radius 2 is 1.89 bits per heavy atom. The Labute approximate surface area is 205 Å². The Balaban J connectivity index is 1.30. The van der Waals surface area contributed by atoms with E-state index in [2.05, 4.69) is 69.9 Å². The van der Waals surface area contributed by atoms with E-state index in [1.54, 1.807) is 18.5 Å². The molecule has 1 N–H and O–H groups in total. The van der Waals surface area contributed by atoms with Crippen molar-refractivity contribution in [2.24, 2.45) is 0 Å². The van der Waals surface area contributed by atoms with Gasteiger partial charge in [0.05, 0.1) is 17.1 Å². The van der Waals surface area contributed by atoms with Gasteiger partial charge in [-0.15, -0.1) is 0 Å². The van der Waals surface area contributed by atoms with Gasteiger partial charge in [0.2, 0.25) is 0 Å². The average molecular weight is 470 g/mol. The number of ether oxygens (including phenoxy) is 1. The highest BCUT2D eigenvalue weighted by atomic mass is 16.5. The van der Waals surface area contributed by atoms with Gasteiger partial charge in [-0.1, -0.05) is 19.1 Å². The average Bonchev–Trinajstić information content (AvgIpc) is 2.89. The van der Waals surface area contributed by atoms with Gasteiger partial charge in [0, 0.05) is 24.6 Å². The van der Waals surface area contributed by atoms with Gasteiger partial charge < -0.3 is 14.5 Å². The van der Waals surface area contributed by atoms with Crippen molar-refractivity contribution in [3.63, 3.8) is 0 Å². The zero-order valence-electron chi connectivity index (χ0n) is 20.5. The number of likely N-dealkylation sites (tertiary alicyclic amines) is 1. The van der Waals surface area contributed by atoms with Crippen LogP contribution in [0.4, 0.5) is 11.4 Å². The minimum absolute atomic E-state index is 0.149. The molecule has 1 aliphatic rings. The fourth-order valence-electron chi connectivity index (χ4n) is 4.89. The molecule has 0 saturated carbocycles. The lowest BCUT2D eigenvalue weighted by molar-refractivity contribution is 0.222. The van der Waals surface area contributed by atoms with Crippen molar-refractivity contribution in [1.29, 1.82) is 0 Å². The molecule has 7 heteroatoms. The number of anilines is 2. The first-order valence-electron chi connectivity index (χ1n) is 12.2. The Hall–Kier alpha value is -3.71. The minimum atomic E-state index is -0.250. The predicted molar refractivity (Wildman–Crippen MR) is 140 cm³/mol. The third-order valence-corrected chi connectivity index (χ3v) is 7.02. The van der Waals surface area contributed by atoms with Crippen LogP contribution in [0.25, 0.3) is 10.9 Å². The van der Waals surface area contributed by atoms with E-state index >= 15 is 0 Å². The number of hydrogen-bond donors (Lipinski definition) is 1. The third kappa shape index (κ3) is 4.91. The Bertz CT molecular complexity index is 1370. The molecule has 0 radical (unpaired) electrons. The molecule has 1 saturated heterocycles. The molecule has 0 spiro atoms. The number of benzene rings is 2. The van der Waals surface area contributed by atoms with Crippen LogP contribution in [0.15, 0.2) is 65.7 Å². The van der Waals surface area contributed by atoms with Gasteiger partial charge in [-0.3, -0.25) is 14.8 Å². The zero-order chi connectivity index (χ0) is 24.4. The number of piperidine rings is 1. The van der Waals surface area contributed by atoms with Crippen molar-refractivity contribution in [3.05, 3.63) is 82.4 Å². The second-order valence-corrected chi connectivity index (χ2v) is 9.17. The Kier molecular flexibility index (Phi) is 6.51. The number of H-pyrrole nitrogens is 1. The number of nitrogens with one attached hydrogen (secondary N) is 1. The van der Waals surface area contributed by atoms with Crippen molar-refractivity contribution >= 4 is 22.3 Å². The molecule has 1 fully saturated rings. The third-order valence-electron chi connectivity index (χ3n) is 7.02. The molecule has 2 aromatic carbocycles. The molecule has 0 bridgehead atoms. The number of hydrogen-bond acceptors (Lipinski definition) is 6. The standard InChI is InChI=1S/C28H31N5O2/c1-4-33-15-12-21(13-16-33)20-5-7-22(8-6-20)32(3)26-10-9-23(17-19(26)2)35-28-30-25-18-29-14-11-24(25)27(34)31-28/h5-11,14,17-18,21H,4,12-13,15-16H2,1-3H3,(H,30,31,34). The summed E-state index contributed by atoms with van der Waals surface area (Å²) in [6, 6.07) is 16.6. The van der Waals surface area contributed by atoms with E-state index in [0.29, 0.717) is 22.6 Å². The van der Waals surface area contributed by atoms with E-state index in [0.717, 1.165) is 23.5 Å². The second kappa shape index (κ2) is 9.88. The maximum Gasteiger partial charge on any atom is 0.302 e. The van der Waals surface area contributed by atoms with E-state index in [4.69, 9.17) is 4.74 Å². The first-order chi connectivity index (χ1) is 17.0. The van der Waals surface area contributed by atoms with Crippen LogP contribution in [0.1, 0.15) is 36.8 Å². The van der Waals surface area contributed by atoms with Crippen LogP contribution in [0.3, 0.4) is 0 Å². The van der Waals surface area contributed by atoms with Gasteiger partial charge in [0.25, 0.3) is 5.56 Å². The summed E-state index contributed by atoms with van der Waals surface area (Å²) < 4.78 is 5.87. The summed E-state index contributed by atoms with van der Waals surface area (Å²) in [4.78, 5) is 28.1. The molecule has 4 aromatic rings. The molecule has 1 aliphatic heterocycles. The van der Waals surface area contributed by atoms with Crippen molar-refractivity contribution in [1.82, 2.24) is 19.9 Å². The van der Waals surface area contributed by atoms with Crippen LogP contribution in [0.2, 0.25) is 0 Å². The van der Waals surface area contributed by atoms with Crippen LogP contribution in [-0.4, -0.2) is 46.5 Å². The maximum absolute atomic E-state index is 12.3. The van der Waals surface area contributed by atoms with Gasteiger partial charge in [0.15, 0.2) is 0 Å². The highest BCUT2D eigenvalue weighted by Crippen LogP contribution is 2.33. The lowest BCUT2D eigenvalue weighted by Crippen LogP contribution is -2.32. The van der Waals surface area contributed by atoms with Gasteiger partial charge in [-0.05, 0) is 92.8 Å². The number of aryl methyl sites for hydroxylation is 1. The molecular weight excluding hydrogens is 438 g/mol. The lowest BCUT2D eigenvalue weighted by Gasteiger charge is -2.31. The van der Waals surface area contributed by atoms with E-state index in [9.17, 15) is 4.79 Å². The maximum atomic E-state index is 12.3. The van der Waals surface area contributed by atoms with E-state index in [1.807, 2.05) is 18.2 Å². The van der Waals surface area contributed by atoms with Crippen molar-refractivity contribution in [2.45, 2.75) is 32.6 Å². The van der Waals surface area contributed by atoms with Crippen LogP contribution >= 0.6 is 0 Å². The fourth-order valence-corrected chi connectivity index (χ4v) is 4.89. The highest BCUT2D eigenvalue weighted by molar-refractivity contribution is 5.76. The monoisotopic (exact) mass is 469 g/mol. The molecule has 35 heavy (non-hydrogen) atoms. The van der Waals surface area contributed by atoms with Gasteiger partial charge >= 0.3 is 6.01 Å². The van der Waals surface area contributed by atoms with Crippen LogP contribution in [0, 0.1) is 6.92 Å². The van der Waals surface area contributed by atoms with Crippen molar-refractivity contribution in [2.75, 3.05) is 31.6 Å². The summed E-state index contributed by atoms with van der Waals surface area (Å²) in [5.74, 6) is 1.26. The molecule has 0 unspecified atom stereocenters. The summed E-state index contributed by atoms with van der Waals surface area (Å²) in [5.41, 5.74) is 4.98. The SMILES string of the molecule is CCN1CCC(c2ccc(N(C)c3ccc(Oc4nc5cnccc5c(=O)[nH]4)cc3C)cc2)CC1. The van der Waals surface area contributed by atoms with E-state index in [-0.39, 0.29) is 11.6 Å². The quantitative estimate of drug-likeness (QED) is 0.408. The molecule has 180 valence electrons. The van der Waals surface area contributed by atoms with Crippen LogP contribution in [-0.2, 0) is 0 Å². The fraction of sp³-hybridized carbons (Fsp3) is 0.321. The molecule has 3 heterocycles.